The van der Waals surface area contributed by atoms with Crippen molar-refractivity contribution in [3.63, 3.8) is 0 Å². The molecule has 10 heteroatoms. The fourth-order valence-electron chi connectivity index (χ4n) is 5.67. The first-order valence-corrected chi connectivity index (χ1v) is 15.4. The van der Waals surface area contributed by atoms with Crippen molar-refractivity contribution in [1.29, 1.82) is 0 Å². The first-order valence-electron chi connectivity index (χ1n) is 15.4. The van der Waals surface area contributed by atoms with E-state index in [-0.39, 0.29) is 31.3 Å². The normalized spacial score (nSPS) is 20.9. The van der Waals surface area contributed by atoms with E-state index in [1.807, 2.05) is 6.07 Å². The number of hydrogen-bond donors (Lipinski definition) is 2. The van der Waals surface area contributed by atoms with E-state index in [9.17, 15) is 5.11 Å². The fourth-order valence-corrected chi connectivity index (χ4v) is 5.67. The predicted octanol–water partition coefficient (Wildman–Crippen LogP) is 3.14. The second-order valence-electron chi connectivity index (χ2n) is 11.1. The van der Waals surface area contributed by atoms with E-state index in [1.54, 1.807) is 21.3 Å². The highest BCUT2D eigenvalue weighted by Crippen LogP contribution is 2.34. The highest BCUT2D eigenvalue weighted by molar-refractivity contribution is 5.61. The molecule has 0 saturated carbocycles. The highest BCUT2D eigenvalue weighted by Gasteiger charge is 2.36. The number of piperidine rings is 1. The number of ether oxygens (including phenoxy) is 7. The molecule has 2 N–H and O–H groups in total. The summed E-state index contributed by atoms with van der Waals surface area (Å²) in [5.41, 5.74) is 4.46. The highest BCUT2D eigenvalue weighted by atomic mass is 16.5. The molecule has 2 aliphatic rings. The molecule has 0 radical (unpaired) electrons. The Balaban J connectivity index is 1.45. The van der Waals surface area contributed by atoms with Crippen LogP contribution in [-0.2, 0) is 41.6 Å². The minimum atomic E-state index is -0.686. The number of methoxy groups -OCH3 is 3. The number of aliphatic hydroxyl groups excluding tert-OH is 1. The smallest absolute Gasteiger partial charge is 0.142 e. The number of aliphatic hydroxyl groups is 1. The van der Waals surface area contributed by atoms with Gasteiger partial charge in [-0.05, 0) is 41.7 Å². The Morgan fingerprint density at radius 1 is 0.860 bits per heavy atom. The van der Waals surface area contributed by atoms with Gasteiger partial charge in [0.1, 0.15) is 18.5 Å². The monoisotopic (exact) mass is 602 g/mol. The molecule has 1 fully saturated rings. The van der Waals surface area contributed by atoms with Gasteiger partial charge in [0.25, 0.3) is 0 Å². The summed E-state index contributed by atoms with van der Waals surface area (Å²) in [5.74, 6) is 0.898. The molecule has 4 rings (SSSR count). The van der Waals surface area contributed by atoms with Crippen molar-refractivity contribution in [1.82, 2.24) is 5.32 Å². The average molecular weight is 603 g/mol. The van der Waals surface area contributed by atoms with Gasteiger partial charge in [0, 0.05) is 66.7 Å². The van der Waals surface area contributed by atoms with Crippen LogP contribution in [0.4, 0.5) is 5.69 Å². The Labute approximate surface area is 256 Å². The molecule has 43 heavy (non-hydrogen) atoms. The molecule has 2 aromatic rings. The maximum Gasteiger partial charge on any atom is 0.142 e. The number of anilines is 1. The van der Waals surface area contributed by atoms with E-state index < -0.39 is 6.10 Å². The zero-order chi connectivity index (χ0) is 30.3. The molecule has 2 heterocycles. The summed E-state index contributed by atoms with van der Waals surface area (Å²) >= 11 is 0. The zero-order valence-corrected chi connectivity index (χ0v) is 26.0. The summed E-state index contributed by atoms with van der Waals surface area (Å²) < 4.78 is 40.1. The van der Waals surface area contributed by atoms with E-state index >= 15 is 0 Å². The van der Waals surface area contributed by atoms with Crippen LogP contribution in [0.25, 0.3) is 0 Å². The van der Waals surface area contributed by atoms with Crippen molar-refractivity contribution < 1.29 is 38.3 Å². The van der Waals surface area contributed by atoms with Gasteiger partial charge in [-0.3, -0.25) is 0 Å². The van der Waals surface area contributed by atoms with Gasteiger partial charge >= 0.3 is 0 Å². The number of nitrogens with one attached hydrogen (secondary N) is 1. The van der Waals surface area contributed by atoms with Crippen molar-refractivity contribution in [2.75, 3.05) is 92.0 Å². The maximum absolute atomic E-state index is 10.3. The zero-order valence-electron chi connectivity index (χ0n) is 26.0. The van der Waals surface area contributed by atoms with Gasteiger partial charge in [-0.1, -0.05) is 30.3 Å². The SMILES string of the molecule is COCCCOCc1ccc([C@@H]2[C@@H](OCc3ccc4c(c3)N(CCCOC)CCO4)CNC[C@H]2OCC(O)COC)cc1. The van der Waals surface area contributed by atoms with Crippen LogP contribution in [0.1, 0.15) is 35.4 Å². The number of nitrogens with zero attached hydrogens (tertiary/aromatic N) is 1. The number of hydrogen-bond acceptors (Lipinski definition) is 10. The van der Waals surface area contributed by atoms with Crippen molar-refractivity contribution >= 4 is 5.69 Å². The van der Waals surface area contributed by atoms with Crippen LogP contribution >= 0.6 is 0 Å². The van der Waals surface area contributed by atoms with E-state index in [0.717, 1.165) is 60.7 Å². The minimum absolute atomic E-state index is 0.0147. The Kier molecular flexibility index (Phi) is 14.5. The quantitative estimate of drug-likeness (QED) is 0.233. The lowest BCUT2D eigenvalue weighted by molar-refractivity contribution is -0.0856. The second kappa shape index (κ2) is 18.5. The van der Waals surface area contributed by atoms with Gasteiger partial charge in [0.15, 0.2) is 0 Å². The lowest BCUT2D eigenvalue weighted by Gasteiger charge is -2.39. The maximum atomic E-state index is 10.3. The Bertz CT molecular complexity index is 1060. The van der Waals surface area contributed by atoms with Gasteiger partial charge in [0.05, 0.1) is 50.9 Å². The van der Waals surface area contributed by atoms with Gasteiger partial charge < -0.3 is 48.5 Å². The third-order valence-corrected chi connectivity index (χ3v) is 7.85. The largest absolute Gasteiger partial charge is 0.490 e. The summed E-state index contributed by atoms with van der Waals surface area (Å²) in [7, 11) is 5.02. The standard InChI is InChI=1S/C33H50N2O8/c1-37-14-4-12-35-13-17-41-30-11-8-26(18-29(30)35)22-42-31-19-34-20-32(43-24-28(36)23-39-3)33(31)27-9-6-25(7-10-27)21-40-16-5-15-38-2/h6-11,18,28,31-34,36H,4-5,12-17,19-24H2,1-3H3/t28?,31-,32+,33+/m0/s1. The molecule has 1 saturated heterocycles. The van der Waals surface area contributed by atoms with Gasteiger partial charge in [0.2, 0.25) is 0 Å². The Morgan fingerprint density at radius 2 is 1.60 bits per heavy atom. The number of benzene rings is 2. The molecule has 1 unspecified atom stereocenters. The molecule has 0 aromatic heterocycles. The van der Waals surface area contributed by atoms with Crippen molar-refractivity contribution in [3.05, 3.63) is 59.2 Å². The summed E-state index contributed by atoms with van der Waals surface area (Å²) in [4.78, 5) is 2.37. The Morgan fingerprint density at radius 3 is 2.37 bits per heavy atom. The van der Waals surface area contributed by atoms with E-state index in [2.05, 4.69) is 46.6 Å². The first-order chi connectivity index (χ1) is 21.1. The fraction of sp³-hybridized carbons (Fsp3) is 0.636. The molecule has 4 atom stereocenters. The topological polar surface area (TPSA) is 100 Å². The van der Waals surface area contributed by atoms with Crippen LogP contribution in [0.15, 0.2) is 42.5 Å². The molecular formula is C33H50N2O8. The molecule has 0 spiro atoms. The van der Waals surface area contributed by atoms with Crippen LogP contribution in [0.2, 0.25) is 0 Å². The summed E-state index contributed by atoms with van der Waals surface area (Å²) in [6.45, 7) is 7.38. The molecule has 0 aliphatic carbocycles. The number of rotatable bonds is 19. The van der Waals surface area contributed by atoms with Crippen LogP contribution in [-0.4, -0.2) is 111 Å². The molecule has 2 aromatic carbocycles. The van der Waals surface area contributed by atoms with E-state index in [4.69, 9.17) is 33.2 Å². The molecule has 0 amide bonds. The van der Waals surface area contributed by atoms with E-state index in [1.165, 1.54) is 0 Å². The van der Waals surface area contributed by atoms with Crippen LogP contribution in [0, 0.1) is 0 Å². The third-order valence-electron chi connectivity index (χ3n) is 7.85. The van der Waals surface area contributed by atoms with Gasteiger partial charge in [-0.25, -0.2) is 0 Å². The lowest BCUT2D eigenvalue weighted by atomic mass is 9.85. The molecule has 2 aliphatic heterocycles. The van der Waals surface area contributed by atoms with Gasteiger partial charge in [-0.15, -0.1) is 0 Å². The molecule has 10 nitrogen and oxygen atoms in total. The van der Waals surface area contributed by atoms with Crippen molar-refractivity contribution in [3.8, 4) is 5.75 Å². The summed E-state index contributed by atoms with van der Waals surface area (Å²) in [6, 6.07) is 14.8. The van der Waals surface area contributed by atoms with Gasteiger partial charge in [-0.2, -0.15) is 0 Å². The molecule has 240 valence electrons. The predicted molar refractivity (Wildman–Crippen MR) is 165 cm³/mol. The second-order valence-corrected chi connectivity index (χ2v) is 11.1. The van der Waals surface area contributed by atoms with Crippen molar-refractivity contribution in [2.24, 2.45) is 0 Å². The lowest BCUT2D eigenvalue weighted by Crippen LogP contribution is -2.51. The average Bonchev–Trinajstić information content (AvgIpc) is 3.03. The third kappa shape index (κ3) is 10.4. The molecule has 0 bridgehead atoms. The first kappa shape index (κ1) is 33.6. The van der Waals surface area contributed by atoms with Crippen molar-refractivity contribution in [2.45, 2.75) is 50.3 Å². The van der Waals surface area contributed by atoms with Crippen LogP contribution < -0.4 is 15.0 Å². The summed E-state index contributed by atoms with van der Waals surface area (Å²) in [5, 5.41) is 13.8. The van der Waals surface area contributed by atoms with Crippen LogP contribution in [0.3, 0.4) is 0 Å². The number of fused-ring (bicyclic) bond motifs is 1. The minimum Gasteiger partial charge on any atom is -0.490 e. The van der Waals surface area contributed by atoms with E-state index in [0.29, 0.717) is 46.1 Å². The van der Waals surface area contributed by atoms with Crippen LogP contribution in [0.5, 0.6) is 5.75 Å². The Hall–Kier alpha value is -2.28. The molecular weight excluding hydrogens is 552 g/mol. The summed E-state index contributed by atoms with van der Waals surface area (Å²) in [6.07, 6.45) is 0.855.